The van der Waals surface area contributed by atoms with Crippen LogP contribution in [0, 0.1) is 26.2 Å². The minimum atomic E-state index is -0.293. The molecule has 5 nitrogen and oxygen atoms in total. The molecule has 3 heterocycles. The van der Waals surface area contributed by atoms with E-state index in [9.17, 15) is 0 Å². The molecule has 0 radical (unpaired) electrons. The predicted octanol–water partition coefficient (Wildman–Crippen LogP) is 20.6. The van der Waals surface area contributed by atoms with Gasteiger partial charge in [-0.3, -0.25) is 0 Å². The van der Waals surface area contributed by atoms with Crippen molar-refractivity contribution in [2.75, 3.05) is 9.80 Å². The standard InChI is InChI=1S/C74H75N4O.CH3.Pt/c1-48(2)60-31-25-32-61(49(3)4)69(60)50-38-56(44-58(39-50)79-59-45-63(72(8,9)10)70-62-30-21-22-33-64(62)78(67(70)46-59)68-43-53(36-37-75-68)71(5,6)7)76-47-77(66-35-24-23-34-65(66)76)57-41-54(73(11,12)51-26-17-15-18-27-51)40-55(42-57)74(13,14)52-28-19-16-20-29-52;;/h15-43,45,47-49H,1-14H3;1H3;/q-3;-1;+4. The largest absolute Gasteiger partial charge is 4.00 e. The van der Waals surface area contributed by atoms with Crippen molar-refractivity contribution < 1.29 is 25.8 Å². The SMILES string of the molecule is CC(C)c1cccc(C(C)C)c1-c1cc(Oc2[c-]c3c(c(C(C)(C)C)c2)c2ccccc2n3-c2cc(C(C)(C)C)ccn2)[c-]c(N2[CH-]N(c3cc(C(C)(C)c4ccccc4)cc(C(C)(C)c4ccccc4)c3)c3ccccc32)c1.[CH3-].[Pt+4]. The first kappa shape index (κ1) is 58.5. The first-order chi connectivity index (χ1) is 37.6. The molecule has 11 rings (SSSR count). The summed E-state index contributed by atoms with van der Waals surface area (Å²) in [5.41, 5.74) is 17.5. The molecular weight excluding hydrogens is 1170 g/mol. The number of ether oxygens (including phenoxy) is 1. The summed E-state index contributed by atoms with van der Waals surface area (Å²) >= 11 is 0. The molecule has 0 unspecified atom stereocenters. The summed E-state index contributed by atoms with van der Waals surface area (Å²) in [5.74, 6) is 2.63. The van der Waals surface area contributed by atoms with Crippen molar-refractivity contribution in [2.45, 2.75) is 130 Å². The zero-order valence-corrected chi connectivity index (χ0v) is 52.3. The van der Waals surface area contributed by atoms with Gasteiger partial charge in [0.1, 0.15) is 5.82 Å². The maximum Gasteiger partial charge on any atom is 4.00 e. The third-order valence-corrected chi connectivity index (χ3v) is 16.5. The van der Waals surface area contributed by atoms with Crippen LogP contribution in [0.3, 0.4) is 0 Å². The van der Waals surface area contributed by atoms with Crippen LogP contribution >= 0.6 is 0 Å². The Bertz CT molecular complexity index is 3800. The van der Waals surface area contributed by atoms with E-state index in [4.69, 9.17) is 9.72 Å². The molecule has 10 aromatic rings. The van der Waals surface area contributed by atoms with Crippen LogP contribution in [-0.4, -0.2) is 9.55 Å². The van der Waals surface area contributed by atoms with Gasteiger partial charge in [0, 0.05) is 51.1 Å². The van der Waals surface area contributed by atoms with Crippen LogP contribution < -0.4 is 14.5 Å². The molecule has 1 aliphatic heterocycles. The number of aromatic nitrogens is 2. The van der Waals surface area contributed by atoms with Gasteiger partial charge in [0.2, 0.25) is 0 Å². The summed E-state index contributed by atoms with van der Waals surface area (Å²) in [7, 11) is 0. The number of fused-ring (bicyclic) bond motifs is 4. The zero-order valence-electron chi connectivity index (χ0n) is 50.1. The molecule has 6 heteroatoms. The molecule has 2 aromatic heterocycles. The number of anilines is 4. The van der Waals surface area contributed by atoms with Gasteiger partial charge in [-0.05, 0) is 115 Å². The number of benzene rings is 8. The summed E-state index contributed by atoms with van der Waals surface area (Å²) in [4.78, 5) is 9.70. The van der Waals surface area contributed by atoms with Crippen molar-refractivity contribution in [3.63, 3.8) is 0 Å². The van der Waals surface area contributed by atoms with Gasteiger partial charge in [0.05, 0.1) is 0 Å². The second-order valence-corrected chi connectivity index (χ2v) is 25.5. The first-order valence-corrected chi connectivity index (χ1v) is 28.2. The maximum absolute atomic E-state index is 7.34. The van der Waals surface area contributed by atoms with E-state index in [0.29, 0.717) is 11.5 Å². The fourth-order valence-corrected chi connectivity index (χ4v) is 11.8. The first-order valence-electron chi connectivity index (χ1n) is 28.2. The van der Waals surface area contributed by atoms with Gasteiger partial charge in [-0.15, -0.1) is 53.8 Å². The third kappa shape index (κ3) is 10.9. The normalized spacial score (nSPS) is 13.0. The van der Waals surface area contributed by atoms with E-state index >= 15 is 0 Å². The van der Waals surface area contributed by atoms with Crippen molar-refractivity contribution in [3.05, 3.63) is 253 Å². The summed E-state index contributed by atoms with van der Waals surface area (Å²) in [5, 5.41) is 2.31. The number of para-hydroxylation sites is 3. The fraction of sp³-hybridized carbons (Fsp3) is 0.267. The molecule has 0 saturated carbocycles. The van der Waals surface area contributed by atoms with Crippen LogP contribution in [0.25, 0.3) is 38.8 Å². The Labute approximate surface area is 498 Å². The van der Waals surface area contributed by atoms with Crippen molar-refractivity contribution in [1.82, 2.24) is 9.55 Å². The summed E-state index contributed by atoms with van der Waals surface area (Å²) in [6.45, 7) is 34.4. The molecule has 0 fully saturated rings. The van der Waals surface area contributed by atoms with E-state index in [2.05, 4.69) is 306 Å². The molecule has 414 valence electrons. The van der Waals surface area contributed by atoms with E-state index < -0.39 is 0 Å². The minimum Gasteiger partial charge on any atom is -0.509 e. The second kappa shape index (κ2) is 22.3. The van der Waals surface area contributed by atoms with E-state index in [1.54, 1.807) is 0 Å². The Morgan fingerprint density at radius 1 is 0.506 bits per heavy atom. The summed E-state index contributed by atoms with van der Waals surface area (Å²) in [6.07, 6.45) is 1.94. The molecule has 0 bridgehead atoms. The van der Waals surface area contributed by atoms with Gasteiger partial charge in [-0.25, -0.2) is 4.98 Å². The van der Waals surface area contributed by atoms with Crippen molar-refractivity contribution in [1.29, 1.82) is 0 Å². The van der Waals surface area contributed by atoms with E-state index in [-0.39, 0.29) is 62.0 Å². The van der Waals surface area contributed by atoms with Gasteiger partial charge >= 0.3 is 21.1 Å². The third-order valence-electron chi connectivity index (χ3n) is 16.5. The Morgan fingerprint density at radius 2 is 1.05 bits per heavy atom. The molecule has 0 amide bonds. The smallest absolute Gasteiger partial charge is 0.509 e. The molecule has 0 N–H and O–H groups in total. The van der Waals surface area contributed by atoms with E-state index in [1.807, 2.05) is 6.20 Å². The molecule has 0 spiro atoms. The number of pyridine rings is 1. The number of hydrogen-bond donors (Lipinski definition) is 0. The van der Waals surface area contributed by atoms with Gasteiger partial charge in [-0.2, -0.15) is 0 Å². The minimum absolute atomic E-state index is 0. The molecule has 0 atom stereocenters. The fourth-order valence-electron chi connectivity index (χ4n) is 11.8. The van der Waals surface area contributed by atoms with Crippen LogP contribution in [0.2, 0.25) is 0 Å². The Morgan fingerprint density at radius 3 is 1.62 bits per heavy atom. The van der Waals surface area contributed by atoms with Gasteiger partial charge in [0.15, 0.2) is 0 Å². The molecule has 0 saturated heterocycles. The van der Waals surface area contributed by atoms with Gasteiger partial charge < -0.3 is 26.5 Å². The molecule has 8 aromatic carbocycles. The predicted molar refractivity (Wildman–Crippen MR) is 339 cm³/mol. The van der Waals surface area contributed by atoms with Gasteiger partial charge in [-0.1, -0.05) is 223 Å². The molecule has 1 aliphatic rings. The van der Waals surface area contributed by atoms with Gasteiger partial charge in [0.25, 0.3) is 0 Å². The Kier molecular flexibility index (Phi) is 16.1. The quantitative estimate of drug-likeness (QED) is 0.114. The van der Waals surface area contributed by atoms with Crippen molar-refractivity contribution in [3.8, 4) is 28.4 Å². The van der Waals surface area contributed by atoms with Crippen LogP contribution in [-0.2, 0) is 42.7 Å². The number of rotatable bonds is 12. The monoisotopic (exact) mass is 1250 g/mol. The molecular formula is C75H78N4OPt. The number of hydrogen-bond acceptors (Lipinski definition) is 4. The van der Waals surface area contributed by atoms with Crippen LogP contribution in [0.15, 0.2) is 182 Å². The Balaban J connectivity index is 0.00000396. The zero-order chi connectivity index (χ0) is 55.8. The topological polar surface area (TPSA) is 33.5 Å². The Hall–Kier alpha value is -7.20. The van der Waals surface area contributed by atoms with E-state index in [0.717, 1.165) is 55.9 Å². The van der Waals surface area contributed by atoms with Crippen LogP contribution in [0.5, 0.6) is 11.5 Å². The average Bonchev–Trinajstić information content (AvgIpc) is 4.18. The maximum atomic E-state index is 7.34. The molecule has 81 heavy (non-hydrogen) atoms. The number of nitrogens with zero attached hydrogens (tertiary/aromatic N) is 4. The van der Waals surface area contributed by atoms with E-state index in [1.165, 1.54) is 50.1 Å². The summed E-state index contributed by atoms with van der Waals surface area (Å²) < 4.78 is 9.61. The van der Waals surface area contributed by atoms with Crippen molar-refractivity contribution >= 4 is 44.6 Å². The van der Waals surface area contributed by atoms with Crippen molar-refractivity contribution in [2.24, 2.45) is 0 Å². The second-order valence-electron chi connectivity index (χ2n) is 25.5. The van der Waals surface area contributed by atoms with Crippen LogP contribution in [0.1, 0.15) is 153 Å². The average molecular weight is 1250 g/mol. The summed E-state index contributed by atoms with van der Waals surface area (Å²) in [6, 6.07) is 72.0. The van der Waals surface area contributed by atoms with Crippen LogP contribution in [0.4, 0.5) is 22.7 Å². The molecule has 0 aliphatic carbocycles.